The molecule has 0 fully saturated rings. The van der Waals surface area contributed by atoms with Gasteiger partial charge >= 0.3 is 0 Å². The first-order chi connectivity index (χ1) is 12.4. The number of aliphatic hydroxyl groups is 1. The van der Waals surface area contributed by atoms with Gasteiger partial charge in [0.2, 0.25) is 0 Å². The predicted octanol–water partition coefficient (Wildman–Crippen LogP) is 4.15. The smallest absolute Gasteiger partial charge is 0.130 e. The van der Waals surface area contributed by atoms with Gasteiger partial charge in [-0.2, -0.15) is 0 Å². The van der Waals surface area contributed by atoms with E-state index in [-0.39, 0.29) is 5.41 Å². The highest BCUT2D eigenvalue weighted by Crippen LogP contribution is 2.40. The monoisotopic (exact) mass is 348 g/mol. The van der Waals surface area contributed by atoms with Gasteiger partial charge in [-0.1, -0.05) is 20.8 Å². The summed E-state index contributed by atoms with van der Waals surface area (Å²) in [6.45, 7) is 9.32. The van der Waals surface area contributed by atoms with Crippen molar-refractivity contribution in [1.82, 2.24) is 15.0 Å². The maximum Gasteiger partial charge on any atom is 0.130 e. The number of hydrogen-bond acceptors (Lipinski definition) is 5. The highest BCUT2D eigenvalue weighted by molar-refractivity contribution is 5.92. The van der Waals surface area contributed by atoms with E-state index in [2.05, 4.69) is 35.2 Å². The molecule has 2 N–H and O–H groups in total. The molecule has 1 unspecified atom stereocenters. The van der Waals surface area contributed by atoms with Crippen LogP contribution in [0.25, 0.3) is 22.0 Å². The van der Waals surface area contributed by atoms with E-state index >= 15 is 0 Å². The number of nitrogens with one attached hydrogen (secondary N) is 1. The molecular formula is C21H24N4O. The summed E-state index contributed by atoms with van der Waals surface area (Å²) >= 11 is 0. The van der Waals surface area contributed by atoms with Crippen LogP contribution < -0.4 is 5.32 Å². The minimum atomic E-state index is -0.520. The predicted molar refractivity (Wildman–Crippen MR) is 104 cm³/mol. The number of aliphatic hydroxyl groups excluding tert-OH is 1. The largest absolute Gasteiger partial charge is 0.387 e. The van der Waals surface area contributed by atoms with E-state index in [1.165, 1.54) is 5.56 Å². The summed E-state index contributed by atoms with van der Waals surface area (Å²) < 4.78 is 0. The number of fused-ring (bicyclic) bond motifs is 3. The Labute approximate surface area is 153 Å². The van der Waals surface area contributed by atoms with Crippen LogP contribution in [0.3, 0.4) is 0 Å². The van der Waals surface area contributed by atoms with Crippen LogP contribution in [0.15, 0.2) is 30.7 Å². The van der Waals surface area contributed by atoms with Crippen LogP contribution >= 0.6 is 0 Å². The third-order valence-electron chi connectivity index (χ3n) is 5.29. The standard InChI is InChI=1S/C21H24N4O/c1-5-18(26)17-6-12(2)14(9-23-17)16-7-13-8-24-20-19(15(13)10-22-16)21(3,4)11-25-20/h6-10,18,26H,5,11H2,1-4H3,(H,24,25). The zero-order chi connectivity index (χ0) is 18.5. The van der Waals surface area contributed by atoms with Crippen molar-refractivity contribution >= 4 is 16.6 Å². The molecule has 1 aliphatic heterocycles. The van der Waals surface area contributed by atoms with Crippen LogP contribution in [0.1, 0.15) is 50.1 Å². The van der Waals surface area contributed by atoms with Crippen LogP contribution in [-0.4, -0.2) is 26.6 Å². The lowest BCUT2D eigenvalue weighted by atomic mass is 9.85. The Morgan fingerprint density at radius 3 is 2.69 bits per heavy atom. The van der Waals surface area contributed by atoms with E-state index in [0.717, 1.165) is 40.0 Å². The maximum absolute atomic E-state index is 10.0. The number of aromatic nitrogens is 3. The van der Waals surface area contributed by atoms with Gasteiger partial charge in [-0.05, 0) is 31.0 Å². The summed E-state index contributed by atoms with van der Waals surface area (Å²) in [5, 5.41) is 15.6. The molecule has 0 spiro atoms. The van der Waals surface area contributed by atoms with E-state index in [9.17, 15) is 5.11 Å². The molecule has 4 heterocycles. The summed E-state index contributed by atoms with van der Waals surface area (Å²) in [7, 11) is 0. The Hall–Kier alpha value is -2.53. The second kappa shape index (κ2) is 6.02. The lowest BCUT2D eigenvalue weighted by molar-refractivity contribution is 0.169. The van der Waals surface area contributed by atoms with Gasteiger partial charge < -0.3 is 10.4 Å². The highest BCUT2D eigenvalue weighted by Gasteiger charge is 2.32. The van der Waals surface area contributed by atoms with Crippen molar-refractivity contribution in [2.45, 2.75) is 45.6 Å². The summed E-state index contributed by atoms with van der Waals surface area (Å²) in [6.07, 6.45) is 5.80. The molecule has 4 rings (SSSR count). The molecule has 5 heteroatoms. The van der Waals surface area contributed by atoms with Crippen molar-refractivity contribution in [3.05, 3.63) is 47.5 Å². The minimum Gasteiger partial charge on any atom is -0.387 e. The number of hydrogen-bond donors (Lipinski definition) is 2. The fourth-order valence-electron chi connectivity index (χ4n) is 3.71. The first-order valence-corrected chi connectivity index (χ1v) is 9.09. The Bertz CT molecular complexity index is 997. The number of nitrogens with zero attached hydrogens (tertiary/aromatic N) is 3. The van der Waals surface area contributed by atoms with Crippen LogP contribution in [0.5, 0.6) is 0 Å². The van der Waals surface area contributed by atoms with Crippen molar-refractivity contribution in [3.63, 3.8) is 0 Å². The molecule has 1 aliphatic rings. The molecule has 0 aliphatic carbocycles. The molecule has 5 nitrogen and oxygen atoms in total. The van der Waals surface area contributed by atoms with Crippen molar-refractivity contribution < 1.29 is 5.11 Å². The Kier molecular flexibility index (Phi) is 3.92. The van der Waals surface area contributed by atoms with Gasteiger partial charge in [-0.15, -0.1) is 0 Å². The number of pyridine rings is 3. The van der Waals surface area contributed by atoms with E-state index in [1.54, 1.807) is 0 Å². The molecule has 0 amide bonds. The van der Waals surface area contributed by atoms with Crippen LogP contribution in [0.2, 0.25) is 0 Å². The first kappa shape index (κ1) is 16.9. The van der Waals surface area contributed by atoms with Crippen LogP contribution in [0, 0.1) is 6.92 Å². The van der Waals surface area contributed by atoms with Gasteiger partial charge in [0.05, 0.1) is 17.5 Å². The fraction of sp³-hybridized carbons (Fsp3) is 0.381. The normalized spacial score (nSPS) is 16.3. The number of aryl methyl sites for hydroxylation is 1. The Morgan fingerprint density at radius 1 is 1.15 bits per heavy atom. The summed E-state index contributed by atoms with van der Waals surface area (Å²) in [4.78, 5) is 13.8. The second-order valence-electron chi connectivity index (χ2n) is 7.72. The van der Waals surface area contributed by atoms with Gasteiger partial charge in [0, 0.05) is 52.4 Å². The Morgan fingerprint density at radius 2 is 1.96 bits per heavy atom. The van der Waals surface area contributed by atoms with Crippen molar-refractivity contribution in [1.29, 1.82) is 0 Å². The van der Waals surface area contributed by atoms with Gasteiger partial charge in [0.25, 0.3) is 0 Å². The Balaban J connectivity index is 1.81. The van der Waals surface area contributed by atoms with Crippen molar-refractivity contribution in [2.24, 2.45) is 0 Å². The SMILES string of the molecule is CCC(O)c1cc(C)c(-c2cc3cnc4c(c3cn2)C(C)(C)CN4)cn1. The second-order valence-corrected chi connectivity index (χ2v) is 7.72. The van der Waals surface area contributed by atoms with Gasteiger partial charge in [-0.25, -0.2) is 4.98 Å². The third-order valence-corrected chi connectivity index (χ3v) is 5.29. The molecule has 0 saturated heterocycles. The zero-order valence-electron chi connectivity index (χ0n) is 15.7. The molecule has 0 radical (unpaired) electrons. The molecule has 3 aromatic heterocycles. The lowest BCUT2D eigenvalue weighted by Gasteiger charge is -2.18. The molecule has 0 bridgehead atoms. The summed E-state index contributed by atoms with van der Waals surface area (Å²) in [5.74, 6) is 0.966. The number of rotatable bonds is 3. The quantitative estimate of drug-likeness (QED) is 0.744. The van der Waals surface area contributed by atoms with Crippen molar-refractivity contribution in [3.8, 4) is 11.3 Å². The van der Waals surface area contributed by atoms with Gasteiger partial charge in [0.15, 0.2) is 0 Å². The average molecular weight is 348 g/mol. The third kappa shape index (κ3) is 2.63. The van der Waals surface area contributed by atoms with E-state index < -0.39 is 6.10 Å². The zero-order valence-corrected chi connectivity index (χ0v) is 15.7. The summed E-state index contributed by atoms with van der Waals surface area (Å²) in [5.41, 5.74) is 4.92. The minimum absolute atomic E-state index is 0.0421. The highest BCUT2D eigenvalue weighted by atomic mass is 16.3. The van der Waals surface area contributed by atoms with E-state index in [1.807, 2.05) is 38.5 Å². The molecule has 0 saturated carbocycles. The van der Waals surface area contributed by atoms with E-state index in [4.69, 9.17) is 4.98 Å². The van der Waals surface area contributed by atoms with E-state index in [0.29, 0.717) is 12.1 Å². The van der Waals surface area contributed by atoms with Gasteiger partial charge in [-0.3, -0.25) is 9.97 Å². The molecule has 26 heavy (non-hydrogen) atoms. The fourth-order valence-corrected chi connectivity index (χ4v) is 3.71. The first-order valence-electron chi connectivity index (χ1n) is 9.09. The molecule has 3 aromatic rings. The van der Waals surface area contributed by atoms with Crippen molar-refractivity contribution in [2.75, 3.05) is 11.9 Å². The lowest BCUT2D eigenvalue weighted by Crippen LogP contribution is -2.19. The van der Waals surface area contributed by atoms with Gasteiger partial charge in [0.1, 0.15) is 5.82 Å². The molecule has 134 valence electrons. The van der Waals surface area contributed by atoms with Crippen LogP contribution in [0.4, 0.5) is 5.82 Å². The molecule has 0 aromatic carbocycles. The average Bonchev–Trinajstić information content (AvgIpc) is 2.95. The maximum atomic E-state index is 10.0. The number of anilines is 1. The topological polar surface area (TPSA) is 70.9 Å². The summed E-state index contributed by atoms with van der Waals surface area (Å²) in [6, 6.07) is 4.03. The van der Waals surface area contributed by atoms with Crippen LogP contribution in [-0.2, 0) is 5.41 Å². The molecule has 1 atom stereocenters. The molecular weight excluding hydrogens is 324 g/mol.